The van der Waals surface area contributed by atoms with Crippen LogP contribution in [0.25, 0.3) is 11.3 Å². The summed E-state index contributed by atoms with van der Waals surface area (Å²) in [4.78, 5) is 29.3. The number of carbonyl (C=O) groups is 2. The van der Waals surface area contributed by atoms with Crippen molar-refractivity contribution in [3.63, 3.8) is 0 Å². The fourth-order valence-electron chi connectivity index (χ4n) is 3.96. The normalized spacial score (nSPS) is 16.8. The van der Waals surface area contributed by atoms with Gasteiger partial charge in [0.05, 0.1) is 11.1 Å². The largest absolute Gasteiger partial charge is 0.586 e. The van der Waals surface area contributed by atoms with Gasteiger partial charge in [-0.15, -0.1) is 8.78 Å². The van der Waals surface area contributed by atoms with Gasteiger partial charge in [0.2, 0.25) is 11.8 Å². The van der Waals surface area contributed by atoms with E-state index in [-0.39, 0.29) is 18.8 Å². The first-order valence-corrected chi connectivity index (χ1v) is 10.3. The van der Waals surface area contributed by atoms with Crippen molar-refractivity contribution >= 4 is 17.6 Å². The molecule has 0 unspecified atom stereocenters. The number of nitrogens with two attached hydrogens (primary N) is 1. The summed E-state index contributed by atoms with van der Waals surface area (Å²) >= 11 is 0. The number of anilines is 1. The maximum atomic E-state index is 13.3. The highest BCUT2D eigenvalue weighted by atomic mass is 19.3. The quantitative estimate of drug-likeness (QED) is 0.596. The molecule has 2 amide bonds. The van der Waals surface area contributed by atoms with E-state index in [1.165, 1.54) is 12.1 Å². The molecule has 1 aliphatic heterocycles. The molecule has 0 saturated heterocycles. The highest BCUT2D eigenvalue weighted by molar-refractivity contribution is 6.01. The van der Waals surface area contributed by atoms with Gasteiger partial charge in [0.25, 0.3) is 0 Å². The molecular weight excluding hydrogens is 432 g/mol. The number of hydrogen-bond acceptors (Lipinski definition) is 5. The fraction of sp³-hybridized carbons (Fsp3) is 0.208. The smallest absolute Gasteiger partial charge is 0.395 e. The van der Waals surface area contributed by atoms with Gasteiger partial charge in [-0.3, -0.25) is 9.59 Å². The van der Waals surface area contributed by atoms with E-state index < -0.39 is 17.6 Å². The van der Waals surface area contributed by atoms with E-state index in [1.54, 1.807) is 36.4 Å². The van der Waals surface area contributed by atoms with Crippen molar-refractivity contribution in [3.05, 3.63) is 71.3 Å². The lowest BCUT2D eigenvalue weighted by molar-refractivity contribution is -0.286. The molecule has 33 heavy (non-hydrogen) atoms. The van der Waals surface area contributed by atoms with Crippen LogP contribution in [-0.4, -0.2) is 23.1 Å². The van der Waals surface area contributed by atoms with Crippen molar-refractivity contribution in [2.24, 2.45) is 5.73 Å². The Labute approximate surface area is 189 Å². The first kappa shape index (κ1) is 20.9. The van der Waals surface area contributed by atoms with Gasteiger partial charge in [-0.1, -0.05) is 24.3 Å². The number of rotatable bonds is 5. The summed E-state index contributed by atoms with van der Waals surface area (Å²) in [6, 6.07) is 14.7. The summed E-state index contributed by atoms with van der Waals surface area (Å²) in [5.41, 5.74) is 7.60. The summed E-state index contributed by atoms with van der Waals surface area (Å²) in [6.45, 7) is 1.87. The zero-order valence-electron chi connectivity index (χ0n) is 17.5. The Balaban J connectivity index is 0.00000274. The van der Waals surface area contributed by atoms with Crippen LogP contribution in [0.15, 0.2) is 54.6 Å². The molecule has 1 aromatic heterocycles. The SMILES string of the molecule is Cc1ccc(NC(=O)C2(c3ccc4c(c3)OC(F)(F)O4)CC2)nc1-c1cccc(C(N)=O)c1.[HH]. The Kier molecular flexibility index (Phi) is 4.59. The second kappa shape index (κ2) is 7.26. The lowest BCUT2D eigenvalue weighted by atomic mass is 9.94. The Morgan fingerprint density at radius 1 is 1.06 bits per heavy atom. The van der Waals surface area contributed by atoms with Crippen LogP contribution in [-0.2, 0) is 10.2 Å². The molecule has 1 aliphatic carbocycles. The lowest BCUT2D eigenvalue weighted by Crippen LogP contribution is -2.28. The topological polar surface area (TPSA) is 104 Å². The maximum Gasteiger partial charge on any atom is 0.586 e. The number of alkyl halides is 2. The standard InChI is InChI=1S/C24H19F2N3O4.H2/c1-13-5-8-19(28-20(13)14-3-2-4-15(11-14)21(27)30)29-22(31)23(9-10-23)16-6-7-17-18(12-16)33-24(25,26)32-17;/h2-8,11-12H,9-10H2,1H3,(H2,27,30)(H,28,29,31);1H. The Hall–Kier alpha value is -4.01. The average Bonchev–Trinajstić information content (AvgIpc) is 3.52. The van der Waals surface area contributed by atoms with Crippen LogP contribution in [0.2, 0.25) is 0 Å². The Morgan fingerprint density at radius 2 is 1.82 bits per heavy atom. The third-order valence-corrected chi connectivity index (χ3v) is 5.90. The van der Waals surface area contributed by atoms with E-state index in [2.05, 4.69) is 19.8 Å². The summed E-state index contributed by atoms with van der Waals surface area (Å²) < 4.78 is 35.7. The van der Waals surface area contributed by atoms with Crippen LogP contribution in [0.5, 0.6) is 11.5 Å². The van der Waals surface area contributed by atoms with Crippen molar-refractivity contribution in [2.45, 2.75) is 31.5 Å². The zero-order valence-corrected chi connectivity index (χ0v) is 17.5. The molecule has 7 nitrogen and oxygen atoms in total. The van der Waals surface area contributed by atoms with Crippen LogP contribution >= 0.6 is 0 Å². The van der Waals surface area contributed by atoms with Crippen molar-refractivity contribution in [1.82, 2.24) is 4.98 Å². The molecule has 2 aliphatic rings. The molecule has 0 radical (unpaired) electrons. The van der Waals surface area contributed by atoms with Crippen LogP contribution in [0.1, 0.15) is 35.8 Å². The van der Waals surface area contributed by atoms with Gasteiger partial charge in [-0.05, 0) is 61.2 Å². The molecule has 0 bridgehead atoms. The summed E-state index contributed by atoms with van der Waals surface area (Å²) in [6.07, 6.45) is -2.59. The van der Waals surface area contributed by atoms with Crippen molar-refractivity contribution in [2.75, 3.05) is 5.32 Å². The third kappa shape index (κ3) is 3.75. The molecule has 5 rings (SSSR count). The van der Waals surface area contributed by atoms with Crippen molar-refractivity contribution in [3.8, 4) is 22.8 Å². The Morgan fingerprint density at radius 3 is 2.55 bits per heavy atom. The number of amides is 2. The number of nitrogens with one attached hydrogen (secondary N) is 1. The highest BCUT2D eigenvalue weighted by Crippen LogP contribution is 2.52. The minimum absolute atomic E-state index is 0. The second-order valence-electron chi connectivity index (χ2n) is 8.17. The number of hydrogen-bond donors (Lipinski definition) is 2. The first-order valence-electron chi connectivity index (χ1n) is 10.3. The number of ether oxygens (including phenoxy) is 2. The van der Waals surface area contributed by atoms with E-state index in [4.69, 9.17) is 5.73 Å². The molecule has 1 saturated carbocycles. The molecular formula is C24H21F2N3O4. The molecule has 0 atom stereocenters. The van der Waals surface area contributed by atoms with E-state index >= 15 is 0 Å². The first-order chi connectivity index (χ1) is 15.7. The number of benzene rings is 2. The highest BCUT2D eigenvalue weighted by Gasteiger charge is 2.53. The number of halogens is 2. The molecule has 3 aromatic rings. The minimum Gasteiger partial charge on any atom is -0.395 e. The zero-order chi connectivity index (χ0) is 23.4. The third-order valence-electron chi connectivity index (χ3n) is 5.90. The van der Waals surface area contributed by atoms with Gasteiger partial charge in [-0.2, -0.15) is 0 Å². The second-order valence-corrected chi connectivity index (χ2v) is 8.17. The summed E-state index contributed by atoms with van der Waals surface area (Å²) in [5.74, 6) is -0.661. The van der Waals surface area contributed by atoms with E-state index in [1.807, 2.05) is 13.0 Å². The van der Waals surface area contributed by atoms with Gasteiger partial charge in [0.15, 0.2) is 11.5 Å². The van der Waals surface area contributed by atoms with Gasteiger partial charge < -0.3 is 20.5 Å². The van der Waals surface area contributed by atoms with Crippen LogP contribution in [0.4, 0.5) is 14.6 Å². The van der Waals surface area contributed by atoms with Crippen molar-refractivity contribution < 1.29 is 29.3 Å². The van der Waals surface area contributed by atoms with E-state index in [0.29, 0.717) is 41.0 Å². The molecule has 170 valence electrons. The van der Waals surface area contributed by atoms with Gasteiger partial charge in [0.1, 0.15) is 5.82 Å². The number of carbonyl (C=O) groups excluding carboxylic acids is 2. The predicted octanol–water partition coefficient (Wildman–Crippen LogP) is 4.39. The number of primary amides is 1. The number of fused-ring (bicyclic) bond motifs is 1. The number of pyridine rings is 1. The fourth-order valence-corrected chi connectivity index (χ4v) is 3.96. The summed E-state index contributed by atoms with van der Waals surface area (Å²) in [7, 11) is 0. The molecule has 0 spiro atoms. The Bertz CT molecular complexity index is 1310. The average molecular weight is 453 g/mol. The molecule has 9 heteroatoms. The number of aromatic nitrogens is 1. The molecule has 3 N–H and O–H groups in total. The minimum atomic E-state index is -3.71. The van der Waals surface area contributed by atoms with Gasteiger partial charge >= 0.3 is 6.29 Å². The van der Waals surface area contributed by atoms with Crippen molar-refractivity contribution in [1.29, 1.82) is 0 Å². The number of aryl methyl sites for hydroxylation is 1. The monoisotopic (exact) mass is 453 g/mol. The van der Waals surface area contributed by atoms with E-state index in [0.717, 1.165) is 5.56 Å². The predicted molar refractivity (Wildman–Crippen MR) is 117 cm³/mol. The molecule has 1 fully saturated rings. The van der Waals surface area contributed by atoms with Gasteiger partial charge in [0, 0.05) is 12.6 Å². The molecule has 2 aromatic carbocycles. The van der Waals surface area contributed by atoms with Crippen LogP contribution in [0.3, 0.4) is 0 Å². The number of nitrogens with zero attached hydrogens (tertiary/aromatic N) is 1. The van der Waals surface area contributed by atoms with Crippen LogP contribution < -0.4 is 20.5 Å². The van der Waals surface area contributed by atoms with Gasteiger partial charge in [-0.25, -0.2) is 4.98 Å². The maximum absolute atomic E-state index is 13.3. The lowest BCUT2D eigenvalue weighted by Gasteiger charge is -2.17. The van der Waals surface area contributed by atoms with E-state index in [9.17, 15) is 18.4 Å². The summed E-state index contributed by atoms with van der Waals surface area (Å²) in [5, 5.41) is 2.84. The molecule has 2 heterocycles. The van der Waals surface area contributed by atoms with Crippen LogP contribution in [0, 0.1) is 6.92 Å².